The molecule has 8 aromatic carbocycles. The number of hydrogen-bond acceptors (Lipinski definition) is 25. The quantitative estimate of drug-likeness (QED) is 0.0219. The lowest BCUT2D eigenvalue weighted by Crippen LogP contribution is -2.52. The third kappa shape index (κ3) is 15.2. The van der Waals surface area contributed by atoms with Crippen molar-refractivity contribution in [3.05, 3.63) is 257 Å². The molecule has 141 heavy (non-hydrogen) atoms. The van der Waals surface area contributed by atoms with Crippen LogP contribution >= 0.6 is 0 Å². The van der Waals surface area contributed by atoms with Crippen molar-refractivity contribution < 1.29 is 122 Å². The number of carbonyl (C=O) groups excluding carboxylic acids is 15. The van der Waals surface area contributed by atoms with Crippen LogP contribution < -0.4 is 67.2 Å². The topological polar surface area (TPSA) is 490 Å². The highest BCUT2D eigenvalue weighted by atomic mass is 19.1. The van der Waals surface area contributed by atoms with Crippen LogP contribution in [0.4, 0.5) is 18.4 Å². The summed E-state index contributed by atoms with van der Waals surface area (Å²) in [6, 6.07) is 36.8. The summed E-state index contributed by atoms with van der Waals surface area (Å²) < 4.78 is 80.0. The second-order valence-electron chi connectivity index (χ2n) is 38.0. The van der Waals surface area contributed by atoms with E-state index in [4.69, 9.17) is 47.1 Å². The SMILES string of the molecule is COc1ccc2c(c1)C(=O)N(C[C@@]1(c3cc4cc5c(cc4o3)[C@@H](CC(=O)OC(C)(C)C)CC5)NC(=O)NC1=O)C2.COc1ccc2c(c1)C(=O)N(C[C@@]1(c3cc4cc5c(cc4o3)[C@@H](N)CC5)NC(=O)NC1=O)C2.COc1ccc2c(c1F)C(=O)N(C[C@@]1(c3cc4c5c(ccc4o3)C(=O)NC5)CC(=O)NC1=O)C2.COc1ccc2c(c1F)C(=O)N(C[C@@]1(c3cc4c5c(ccc4o3)CNC5=O)CC(=O)NC1=O)C2. The van der Waals surface area contributed by atoms with Crippen molar-refractivity contribution in [2.24, 2.45) is 5.73 Å². The lowest BCUT2D eigenvalue weighted by atomic mass is 9.82. The van der Waals surface area contributed by atoms with E-state index in [1.54, 1.807) is 89.8 Å². The zero-order chi connectivity index (χ0) is 98.9. The van der Waals surface area contributed by atoms with Gasteiger partial charge in [-0.1, -0.05) is 30.3 Å². The molecular formula is C102H89F2N13O24. The van der Waals surface area contributed by atoms with Gasteiger partial charge in [-0.25, -0.2) is 18.4 Å². The van der Waals surface area contributed by atoms with Crippen molar-refractivity contribution in [3.8, 4) is 23.0 Å². The molecule has 0 bridgehead atoms. The molecule has 720 valence electrons. The Morgan fingerprint density at radius 1 is 0.433 bits per heavy atom. The summed E-state index contributed by atoms with van der Waals surface area (Å²) in [5.74, 6) is -5.33. The molecule has 6 atom stereocenters. The standard InChI is InChI=1S/C30H31N3O7.2C24H18FN3O6.C24H22N4O5/c1-29(2,3)40-25(34)11-17-6-5-16-9-19-10-24(39-23(19)13-21(16)17)30(27(36)31-28(37)32-30)15-33-14-18-7-8-20(38-4)12-22(18)26(33)35;1-33-16-4-2-11-9-28(22(31)19(11)20(16)25)10-24(7-18(29)27-23(24)32)17-6-13-14-8-26-21(30)12(14)3-5-15(13)34-17;1-33-15-5-3-12-9-28(22(31)19(12)20(15)25)10-24(7-17(29)27-23(24)32)16-6-13-14(34-16)4-2-11-8-26-21(30)18(11)13;1-32-15-4-2-13-10-28(21(29)17(13)8-15)11-24(22(30)26-23(31)27-24)20-7-14-6-12-3-5-18(25)16(12)9-19(14)33-20/h7-10,12-13,17H,5-6,11,14-15H2,1-4H3,(H2,31,32,36,37);2*2-6H,7-10H2,1H3,(H,26,30)(H,27,29,32);2,4,6-9,18H,3,5,10-11,25H2,1H3,(H2,26,27,30,31)/t17-,30+;2*24-;18-,24-/m1110/s1. The van der Waals surface area contributed by atoms with Crippen molar-refractivity contribution in [1.82, 2.24) is 62.1 Å². The maximum atomic E-state index is 14.8. The zero-order valence-corrected chi connectivity index (χ0v) is 76.8. The number of nitrogens with zero attached hydrogens (tertiary/aromatic N) is 4. The molecule has 0 radical (unpaired) electrons. The molecule has 0 unspecified atom stereocenters. The predicted octanol–water partition coefficient (Wildman–Crippen LogP) is 9.50. The minimum absolute atomic E-state index is 0.00367. The van der Waals surface area contributed by atoms with Crippen LogP contribution in [0.25, 0.3) is 43.9 Å². The van der Waals surface area contributed by atoms with Crippen LogP contribution in [0.15, 0.2) is 151 Å². The Morgan fingerprint density at radius 2 is 0.887 bits per heavy atom. The number of nitrogens with one attached hydrogen (secondary N) is 8. The van der Waals surface area contributed by atoms with Gasteiger partial charge in [0.25, 0.3) is 47.3 Å². The lowest BCUT2D eigenvalue weighted by Gasteiger charge is -2.29. The van der Waals surface area contributed by atoms with Gasteiger partial charge >= 0.3 is 18.0 Å². The number of urea groups is 2. The molecule has 4 aromatic heterocycles. The molecule has 14 heterocycles. The second-order valence-corrected chi connectivity index (χ2v) is 38.0. The Hall–Kier alpha value is -16.6. The number of imide groups is 4. The fraction of sp³-hybridized carbons (Fsp3) is 0.304. The molecule has 0 saturated carbocycles. The van der Waals surface area contributed by atoms with E-state index in [9.17, 15) is 80.7 Å². The lowest BCUT2D eigenvalue weighted by molar-refractivity contribution is -0.155. The number of methoxy groups -OCH3 is 4. The molecule has 10 aliphatic heterocycles. The molecule has 39 heteroatoms. The molecule has 12 aromatic rings. The summed E-state index contributed by atoms with van der Waals surface area (Å²) in [6.45, 7) is 6.43. The Kier molecular flexibility index (Phi) is 21.7. The van der Waals surface area contributed by atoms with Crippen LogP contribution in [0.1, 0.15) is 206 Å². The zero-order valence-electron chi connectivity index (χ0n) is 76.8. The number of aryl methyl sites for hydroxylation is 2. The molecule has 4 saturated heterocycles. The Bertz CT molecular complexity index is 7630. The fourth-order valence-corrected chi connectivity index (χ4v) is 21.4. The molecule has 0 spiro atoms. The molecule has 4 fully saturated rings. The molecule has 10 N–H and O–H groups in total. The molecule has 2 aliphatic carbocycles. The summed E-state index contributed by atoms with van der Waals surface area (Å²) in [5.41, 5.74) is 11.7. The van der Waals surface area contributed by atoms with Crippen LogP contribution in [0.2, 0.25) is 0 Å². The first-order valence-corrected chi connectivity index (χ1v) is 45.4. The van der Waals surface area contributed by atoms with Gasteiger partial charge in [0.05, 0.1) is 77.5 Å². The minimum atomic E-state index is -1.60. The van der Waals surface area contributed by atoms with E-state index in [1.807, 2.05) is 57.2 Å². The summed E-state index contributed by atoms with van der Waals surface area (Å²) in [6.07, 6.45) is 3.22. The van der Waals surface area contributed by atoms with Crippen molar-refractivity contribution >= 4 is 133 Å². The molecule has 37 nitrogen and oxygen atoms in total. The van der Waals surface area contributed by atoms with E-state index in [2.05, 4.69) is 42.5 Å². The number of rotatable bonds is 18. The van der Waals surface area contributed by atoms with Gasteiger partial charge in [0.1, 0.15) is 73.3 Å². The van der Waals surface area contributed by atoms with Crippen LogP contribution in [-0.2, 0) is 112 Å². The van der Waals surface area contributed by atoms with Crippen LogP contribution in [0.3, 0.4) is 0 Å². The van der Waals surface area contributed by atoms with Crippen LogP contribution in [0.5, 0.6) is 23.0 Å². The Morgan fingerprint density at radius 3 is 1.38 bits per heavy atom. The third-order valence-corrected chi connectivity index (χ3v) is 28.3. The largest absolute Gasteiger partial charge is 0.497 e. The number of benzene rings is 8. The normalized spacial score (nSPS) is 21.9. The van der Waals surface area contributed by atoms with E-state index in [-0.39, 0.29) is 152 Å². The summed E-state index contributed by atoms with van der Waals surface area (Å²) in [7, 11) is 5.69. The average molecular weight is 1920 g/mol. The van der Waals surface area contributed by atoms with Crippen molar-refractivity contribution in [3.63, 3.8) is 0 Å². The number of fused-ring (bicyclic) bond motifs is 14. The van der Waals surface area contributed by atoms with Gasteiger partial charge in [-0.15, -0.1) is 0 Å². The van der Waals surface area contributed by atoms with Gasteiger partial charge < -0.3 is 88.0 Å². The van der Waals surface area contributed by atoms with Gasteiger partial charge in [0.15, 0.2) is 34.2 Å². The van der Waals surface area contributed by atoms with Crippen LogP contribution in [-0.4, -0.2) is 169 Å². The third-order valence-electron chi connectivity index (χ3n) is 28.3. The molecule has 16 amide bonds. The van der Waals surface area contributed by atoms with Crippen molar-refractivity contribution in [1.29, 1.82) is 0 Å². The fourth-order valence-electron chi connectivity index (χ4n) is 21.4. The number of amides is 16. The number of nitrogens with two attached hydrogens (primary N) is 1. The number of carbonyl (C=O) groups is 15. The number of furan rings is 4. The van der Waals surface area contributed by atoms with E-state index >= 15 is 0 Å². The first-order valence-electron chi connectivity index (χ1n) is 45.4. The average Bonchev–Trinajstić information content (AvgIpc) is 1.58. The maximum Gasteiger partial charge on any atom is 0.322 e. The highest BCUT2D eigenvalue weighted by Crippen LogP contribution is 2.48. The van der Waals surface area contributed by atoms with E-state index < -0.39 is 98.5 Å². The van der Waals surface area contributed by atoms with Gasteiger partial charge in [0.2, 0.25) is 23.6 Å². The Balaban J connectivity index is 0.000000112. The molecular weight excluding hydrogens is 1830 g/mol. The predicted molar refractivity (Wildman–Crippen MR) is 490 cm³/mol. The maximum absolute atomic E-state index is 14.8. The molecule has 12 aliphatic rings. The smallest absolute Gasteiger partial charge is 0.322 e. The highest BCUT2D eigenvalue weighted by molar-refractivity contribution is 6.15. The van der Waals surface area contributed by atoms with Crippen molar-refractivity contribution in [2.45, 2.75) is 144 Å². The summed E-state index contributed by atoms with van der Waals surface area (Å²) >= 11 is 0. The number of halogens is 2. The molecule has 24 rings (SSSR count). The van der Waals surface area contributed by atoms with E-state index in [1.165, 1.54) is 55.3 Å². The monoisotopic (exact) mass is 1920 g/mol. The highest BCUT2D eigenvalue weighted by Gasteiger charge is 2.59. The van der Waals surface area contributed by atoms with Gasteiger partial charge in [0, 0.05) is 96.6 Å². The first kappa shape index (κ1) is 90.8. The van der Waals surface area contributed by atoms with Gasteiger partial charge in [-0.05, 0) is 211 Å². The van der Waals surface area contributed by atoms with Crippen molar-refractivity contribution in [2.75, 3.05) is 54.6 Å². The Labute approximate surface area is 798 Å². The number of hydrogen-bond donors (Lipinski definition) is 9. The van der Waals surface area contributed by atoms with E-state index in [0.717, 1.165) is 81.0 Å². The second kappa shape index (κ2) is 33.6. The van der Waals surface area contributed by atoms with Crippen LogP contribution in [0, 0.1) is 11.6 Å². The van der Waals surface area contributed by atoms with Gasteiger partial charge in [-0.3, -0.25) is 83.6 Å². The summed E-state index contributed by atoms with van der Waals surface area (Å²) in [5, 5.41) is 23.0. The number of esters is 1. The van der Waals surface area contributed by atoms with E-state index in [0.29, 0.717) is 97.6 Å². The van der Waals surface area contributed by atoms with Gasteiger partial charge in [-0.2, -0.15) is 0 Å². The first-order chi connectivity index (χ1) is 67.5. The summed E-state index contributed by atoms with van der Waals surface area (Å²) in [4.78, 5) is 197. The number of ether oxygens (including phenoxy) is 5. The minimum Gasteiger partial charge on any atom is -0.497 e.